The Labute approximate surface area is 113 Å². The Morgan fingerprint density at radius 2 is 2.11 bits per heavy atom. The quantitative estimate of drug-likeness (QED) is 0.914. The summed E-state index contributed by atoms with van der Waals surface area (Å²) in [7, 11) is 0. The van der Waals surface area contributed by atoms with Gasteiger partial charge in [-0.15, -0.1) is 0 Å². The Bertz CT molecular complexity index is 523. The Kier molecular flexibility index (Phi) is 3.60. The van der Waals surface area contributed by atoms with Gasteiger partial charge in [0.25, 0.3) is 0 Å². The summed E-state index contributed by atoms with van der Waals surface area (Å²) < 4.78 is 2.27. The van der Waals surface area contributed by atoms with Crippen LogP contribution >= 0.6 is 0 Å². The zero-order valence-electron chi connectivity index (χ0n) is 11.3. The summed E-state index contributed by atoms with van der Waals surface area (Å²) in [5, 5.41) is 3.41. The van der Waals surface area contributed by atoms with E-state index in [4.69, 9.17) is 0 Å². The van der Waals surface area contributed by atoms with Crippen molar-refractivity contribution in [3.8, 4) is 0 Å². The molecule has 0 aliphatic carbocycles. The molecule has 0 saturated carbocycles. The molecule has 0 atom stereocenters. The van der Waals surface area contributed by atoms with E-state index in [2.05, 4.69) is 32.0 Å². The normalized spacial score (nSPS) is 16.7. The number of aryl methyl sites for hydroxylation is 1. The van der Waals surface area contributed by atoms with Gasteiger partial charge in [-0.3, -0.25) is 4.98 Å². The van der Waals surface area contributed by atoms with Crippen molar-refractivity contribution in [1.82, 2.24) is 19.9 Å². The summed E-state index contributed by atoms with van der Waals surface area (Å²) in [5.41, 5.74) is 3.66. The minimum atomic E-state index is 0.641. The topological polar surface area (TPSA) is 42.7 Å². The SMILES string of the molecule is Cc1ccc(Cn2cncc2C2CCNCC2)cn1. The number of nitrogens with one attached hydrogen (secondary N) is 1. The van der Waals surface area contributed by atoms with E-state index in [1.807, 2.05) is 25.6 Å². The van der Waals surface area contributed by atoms with Gasteiger partial charge in [-0.25, -0.2) is 4.98 Å². The standard InChI is InChI=1S/C15H20N4/c1-12-2-3-13(8-18-12)10-19-11-17-9-15(19)14-4-6-16-7-5-14/h2-3,8-9,11,14,16H,4-7,10H2,1H3. The van der Waals surface area contributed by atoms with Crippen molar-refractivity contribution in [3.05, 3.63) is 47.8 Å². The molecule has 0 unspecified atom stereocenters. The summed E-state index contributed by atoms with van der Waals surface area (Å²) in [6.07, 6.45) is 8.34. The third kappa shape index (κ3) is 2.84. The number of imidazole rings is 1. The van der Waals surface area contributed by atoms with E-state index in [1.165, 1.54) is 24.1 Å². The molecular weight excluding hydrogens is 236 g/mol. The number of aromatic nitrogens is 3. The van der Waals surface area contributed by atoms with Crippen LogP contribution in [0.2, 0.25) is 0 Å². The van der Waals surface area contributed by atoms with Gasteiger partial charge in [0.1, 0.15) is 0 Å². The lowest BCUT2D eigenvalue weighted by Gasteiger charge is -2.23. The first kappa shape index (κ1) is 12.4. The van der Waals surface area contributed by atoms with Crippen LogP contribution in [0.5, 0.6) is 0 Å². The van der Waals surface area contributed by atoms with Gasteiger partial charge in [0, 0.05) is 29.7 Å². The van der Waals surface area contributed by atoms with Crippen molar-refractivity contribution >= 4 is 0 Å². The lowest BCUT2D eigenvalue weighted by atomic mass is 9.95. The van der Waals surface area contributed by atoms with Gasteiger partial charge in [-0.2, -0.15) is 0 Å². The van der Waals surface area contributed by atoms with E-state index in [-0.39, 0.29) is 0 Å². The second kappa shape index (κ2) is 5.53. The second-order valence-corrected chi connectivity index (χ2v) is 5.28. The molecule has 100 valence electrons. The van der Waals surface area contributed by atoms with Crippen LogP contribution < -0.4 is 5.32 Å². The molecule has 2 aromatic rings. The molecule has 4 heteroatoms. The van der Waals surface area contributed by atoms with Gasteiger partial charge < -0.3 is 9.88 Å². The number of hydrogen-bond donors (Lipinski definition) is 1. The van der Waals surface area contributed by atoms with Crippen LogP contribution in [-0.2, 0) is 6.54 Å². The molecule has 0 amide bonds. The van der Waals surface area contributed by atoms with Gasteiger partial charge in [-0.1, -0.05) is 6.07 Å². The fourth-order valence-corrected chi connectivity index (χ4v) is 2.71. The van der Waals surface area contributed by atoms with E-state index >= 15 is 0 Å². The number of nitrogens with zero attached hydrogens (tertiary/aromatic N) is 3. The van der Waals surface area contributed by atoms with Crippen molar-refractivity contribution in [2.24, 2.45) is 0 Å². The summed E-state index contributed by atoms with van der Waals surface area (Å²) in [6, 6.07) is 4.21. The highest BCUT2D eigenvalue weighted by Crippen LogP contribution is 2.25. The molecule has 3 rings (SSSR count). The van der Waals surface area contributed by atoms with Crippen LogP contribution in [0.25, 0.3) is 0 Å². The monoisotopic (exact) mass is 256 g/mol. The highest BCUT2D eigenvalue weighted by atomic mass is 15.1. The van der Waals surface area contributed by atoms with E-state index < -0.39 is 0 Å². The summed E-state index contributed by atoms with van der Waals surface area (Å²) in [5.74, 6) is 0.641. The maximum absolute atomic E-state index is 4.36. The van der Waals surface area contributed by atoms with E-state index in [0.29, 0.717) is 5.92 Å². The van der Waals surface area contributed by atoms with E-state index in [0.717, 1.165) is 25.3 Å². The molecule has 0 aromatic carbocycles. The van der Waals surface area contributed by atoms with E-state index in [9.17, 15) is 0 Å². The number of hydrogen-bond acceptors (Lipinski definition) is 3. The van der Waals surface area contributed by atoms with Crippen molar-refractivity contribution < 1.29 is 0 Å². The molecule has 0 spiro atoms. The van der Waals surface area contributed by atoms with Gasteiger partial charge in [-0.05, 0) is 44.5 Å². The highest BCUT2D eigenvalue weighted by molar-refractivity contribution is 5.16. The van der Waals surface area contributed by atoms with Crippen LogP contribution in [-0.4, -0.2) is 27.6 Å². The molecule has 1 N–H and O–H groups in total. The summed E-state index contributed by atoms with van der Waals surface area (Å²) >= 11 is 0. The largest absolute Gasteiger partial charge is 0.330 e. The van der Waals surface area contributed by atoms with Crippen LogP contribution in [0.3, 0.4) is 0 Å². The van der Waals surface area contributed by atoms with Crippen LogP contribution in [0.1, 0.15) is 35.7 Å². The maximum Gasteiger partial charge on any atom is 0.0951 e. The highest BCUT2D eigenvalue weighted by Gasteiger charge is 2.18. The van der Waals surface area contributed by atoms with Gasteiger partial charge in [0.15, 0.2) is 0 Å². The predicted octanol–water partition coefficient (Wildman–Crippen LogP) is 2.10. The molecule has 4 nitrogen and oxygen atoms in total. The summed E-state index contributed by atoms with van der Waals surface area (Å²) in [6.45, 7) is 5.11. The average molecular weight is 256 g/mol. The molecule has 0 radical (unpaired) electrons. The first-order valence-corrected chi connectivity index (χ1v) is 6.95. The average Bonchev–Trinajstić information content (AvgIpc) is 2.90. The maximum atomic E-state index is 4.36. The Hall–Kier alpha value is -1.68. The molecule has 1 saturated heterocycles. The predicted molar refractivity (Wildman–Crippen MR) is 75.1 cm³/mol. The molecule has 19 heavy (non-hydrogen) atoms. The zero-order chi connectivity index (χ0) is 13.1. The molecule has 0 bridgehead atoms. The van der Waals surface area contributed by atoms with Gasteiger partial charge >= 0.3 is 0 Å². The number of piperidine rings is 1. The Morgan fingerprint density at radius 1 is 1.26 bits per heavy atom. The fraction of sp³-hybridized carbons (Fsp3) is 0.467. The molecule has 3 heterocycles. The van der Waals surface area contributed by atoms with Crippen LogP contribution in [0.15, 0.2) is 30.9 Å². The van der Waals surface area contributed by atoms with Crippen molar-refractivity contribution in [2.75, 3.05) is 13.1 Å². The zero-order valence-corrected chi connectivity index (χ0v) is 11.3. The lowest BCUT2D eigenvalue weighted by Crippen LogP contribution is -2.27. The van der Waals surface area contributed by atoms with Crippen molar-refractivity contribution in [3.63, 3.8) is 0 Å². The fourth-order valence-electron chi connectivity index (χ4n) is 2.71. The number of rotatable bonds is 3. The minimum Gasteiger partial charge on any atom is -0.330 e. The molecule has 1 fully saturated rings. The third-order valence-electron chi connectivity index (χ3n) is 3.83. The molecule has 2 aromatic heterocycles. The van der Waals surface area contributed by atoms with E-state index in [1.54, 1.807) is 0 Å². The Balaban J connectivity index is 1.77. The van der Waals surface area contributed by atoms with Crippen molar-refractivity contribution in [1.29, 1.82) is 0 Å². The lowest BCUT2D eigenvalue weighted by molar-refractivity contribution is 0.442. The number of pyridine rings is 1. The minimum absolute atomic E-state index is 0.641. The molecule has 1 aliphatic heterocycles. The smallest absolute Gasteiger partial charge is 0.0951 e. The Morgan fingerprint density at radius 3 is 2.84 bits per heavy atom. The molecule has 1 aliphatic rings. The third-order valence-corrected chi connectivity index (χ3v) is 3.83. The van der Waals surface area contributed by atoms with Gasteiger partial charge in [0.2, 0.25) is 0 Å². The second-order valence-electron chi connectivity index (χ2n) is 5.28. The summed E-state index contributed by atoms with van der Waals surface area (Å²) in [4.78, 5) is 8.69. The van der Waals surface area contributed by atoms with Crippen LogP contribution in [0, 0.1) is 6.92 Å². The van der Waals surface area contributed by atoms with Gasteiger partial charge in [0.05, 0.1) is 12.9 Å². The first-order chi connectivity index (χ1) is 9.33. The van der Waals surface area contributed by atoms with Crippen molar-refractivity contribution in [2.45, 2.75) is 32.2 Å². The van der Waals surface area contributed by atoms with Crippen LogP contribution in [0.4, 0.5) is 0 Å². The first-order valence-electron chi connectivity index (χ1n) is 6.95. The molecular formula is C15H20N4.